The number of piperidine rings is 1. The number of benzene rings is 1. The molecular weight excluding hydrogens is 406 g/mol. The predicted octanol–water partition coefficient (Wildman–Crippen LogP) is 2.89. The summed E-state index contributed by atoms with van der Waals surface area (Å²) >= 11 is 0. The van der Waals surface area contributed by atoms with E-state index in [-0.39, 0.29) is 16.7 Å². The molecule has 0 unspecified atom stereocenters. The van der Waals surface area contributed by atoms with Crippen molar-refractivity contribution in [1.82, 2.24) is 9.62 Å². The van der Waals surface area contributed by atoms with Gasteiger partial charge in [0.2, 0.25) is 21.8 Å². The van der Waals surface area contributed by atoms with E-state index in [1.54, 1.807) is 19.1 Å². The highest BCUT2D eigenvalue weighted by Gasteiger charge is 2.29. The van der Waals surface area contributed by atoms with Gasteiger partial charge in [0.15, 0.2) is 0 Å². The van der Waals surface area contributed by atoms with Crippen LogP contribution in [0, 0.1) is 0 Å². The van der Waals surface area contributed by atoms with Crippen molar-refractivity contribution in [2.45, 2.75) is 63.7 Å². The average Bonchev–Trinajstić information content (AvgIpc) is 2.72. The van der Waals surface area contributed by atoms with Crippen LogP contribution in [0.25, 0.3) is 0 Å². The van der Waals surface area contributed by atoms with Gasteiger partial charge >= 0.3 is 0 Å². The summed E-state index contributed by atoms with van der Waals surface area (Å²) in [5.74, 6) is 0.0811. The number of nitrogens with one attached hydrogen (secondary N) is 2. The van der Waals surface area contributed by atoms with E-state index in [1.807, 2.05) is 0 Å². The number of ether oxygens (including phenoxy) is 1. The molecular formula is C21H33N3O5S. The van der Waals surface area contributed by atoms with Gasteiger partial charge in [-0.05, 0) is 50.8 Å². The Labute approximate surface area is 179 Å². The van der Waals surface area contributed by atoms with E-state index < -0.39 is 10.0 Å². The number of sulfonamides is 1. The summed E-state index contributed by atoms with van der Waals surface area (Å²) < 4.78 is 33.3. The third kappa shape index (κ3) is 7.28. The van der Waals surface area contributed by atoms with Crippen LogP contribution in [0.15, 0.2) is 23.1 Å². The first kappa shape index (κ1) is 24.1. The van der Waals surface area contributed by atoms with Gasteiger partial charge in [-0.2, -0.15) is 4.31 Å². The first-order chi connectivity index (χ1) is 14.3. The van der Waals surface area contributed by atoms with Crippen molar-refractivity contribution in [3.8, 4) is 5.75 Å². The average molecular weight is 440 g/mol. The Morgan fingerprint density at radius 3 is 2.50 bits per heavy atom. The van der Waals surface area contributed by atoms with E-state index in [2.05, 4.69) is 10.6 Å². The fourth-order valence-corrected chi connectivity index (χ4v) is 5.06. The molecule has 1 aromatic rings. The van der Waals surface area contributed by atoms with Crippen molar-refractivity contribution in [2.24, 2.45) is 0 Å². The summed E-state index contributed by atoms with van der Waals surface area (Å²) in [5, 5.41) is 5.51. The lowest BCUT2D eigenvalue weighted by molar-refractivity contribution is -0.119. The summed E-state index contributed by atoms with van der Waals surface area (Å²) in [5.41, 5.74) is 0.442. The fourth-order valence-electron chi connectivity index (χ4n) is 3.38. The van der Waals surface area contributed by atoms with E-state index in [0.717, 1.165) is 32.1 Å². The monoisotopic (exact) mass is 439 g/mol. The van der Waals surface area contributed by atoms with Gasteiger partial charge < -0.3 is 15.4 Å². The molecule has 0 spiro atoms. The zero-order valence-corrected chi connectivity index (χ0v) is 18.7. The van der Waals surface area contributed by atoms with Gasteiger partial charge in [0, 0.05) is 38.7 Å². The van der Waals surface area contributed by atoms with Crippen LogP contribution >= 0.6 is 0 Å². The zero-order chi connectivity index (χ0) is 22.0. The Morgan fingerprint density at radius 2 is 1.83 bits per heavy atom. The third-order valence-electron chi connectivity index (χ3n) is 4.91. The largest absolute Gasteiger partial charge is 0.492 e. The van der Waals surface area contributed by atoms with Crippen LogP contribution in [0.2, 0.25) is 0 Å². The maximum absolute atomic E-state index is 13.1. The van der Waals surface area contributed by atoms with Crippen molar-refractivity contribution >= 4 is 27.5 Å². The number of anilines is 1. The lowest BCUT2D eigenvalue weighted by Gasteiger charge is -2.27. The molecule has 0 bridgehead atoms. The summed E-state index contributed by atoms with van der Waals surface area (Å²) in [7, 11) is -3.68. The van der Waals surface area contributed by atoms with Crippen LogP contribution in [0.4, 0.5) is 5.69 Å². The number of rotatable bonds is 11. The Morgan fingerprint density at radius 1 is 1.10 bits per heavy atom. The third-order valence-corrected chi connectivity index (χ3v) is 6.83. The molecule has 0 aromatic heterocycles. The van der Waals surface area contributed by atoms with Crippen LogP contribution in [0.1, 0.15) is 58.8 Å². The van der Waals surface area contributed by atoms with Crippen LogP contribution in [0.5, 0.6) is 5.75 Å². The highest BCUT2D eigenvalue weighted by molar-refractivity contribution is 7.89. The molecule has 0 radical (unpaired) electrons. The van der Waals surface area contributed by atoms with Gasteiger partial charge in [-0.15, -0.1) is 0 Å². The normalized spacial score (nSPS) is 14.9. The Hall–Kier alpha value is -2.13. The minimum atomic E-state index is -3.68. The number of hydrogen-bond acceptors (Lipinski definition) is 5. The standard InChI is InChI=1S/C21H33N3O5S/c1-3-29-19-12-11-18(23-21(26)10-6-4-7-13-22-17(2)25)16-20(19)30(27,28)24-14-8-5-9-15-24/h11-12,16H,3-10,13-15H2,1-2H3,(H,22,25)(H,23,26). The SMILES string of the molecule is CCOc1ccc(NC(=O)CCCCCNC(C)=O)cc1S(=O)(=O)N1CCCCC1. The van der Waals surface area contributed by atoms with Crippen molar-refractivity contribution < 1.29 is 22.7 Å². The molecule has 30 heavy (non-hydrogen) atoms. The number of unbranched alkanes of at least 4 members (excludes halogenated alkanes) is 2. The molecule has 1 aliphatic heterocycles. The number of hydrogen-bond donors (Lipinski definition) is 2. The second-order valence-electron chi connectivity index (χ2n) is 7.40. The Balaban J connectivity index is 2.01. The van der Waals surface area contributed by atoms with Crippen molar-refractivity contribution in [3.63, 3.8) is 0 Å². The molecule has 1 fully saturated rings. The molecule has 8 nitrogen and oxygen atoms in total. The van der Waals surface area contributed by atoms with Gasteiger partial charge in [0.1, 0.15) is 10.6 Å². The fraction of sp³-hybridized carbons (Fsp3) is 0.619. The van der Waals surface area contributed by atoms with Gasteiger partial charge in [-0.25, -0.2) is 8.42 Å². The lowest BCUT2D eigenvalue weighted by Crippen LogP contribution is -2.35. The molecule has 9 heteroatoms. The molecule has 1 aliphatic rings. The van der Waals surface area contributed by atoms with Crippen molar-refractivity contribution in [3.05, 3.63) is 18.2 Å². The Kier molecular flexibility index (Phi) is 9.58. The maximum Gasteiger partial charge on any atom is 0.246 e. The zero-order valence-electron chi connectivity index (χ0n) is 17.9. The molecule has 1 heterocycles. The molecule has 2 rings (SSSR count). The van der Waals surface area contributed by atoms with Gasteiger partial charge in [-0.3, -0.25) is 9.59 Å². The van der Waals surface area contributed by atoms with E-state index in [0.29, 0.717) is 50.5 Å². The molecule has 168 valence electrons. The highest BCUT2D eigenvalue weighted by atomic mass is 32.2. The van der Waals surface area contributed by atoms with Gasteiger partial charge in [0.25, 0.3) is 0 Å². The first-order valence-corrected chi connectivity index (χ1v) is 12.1. The van der Waals surface area contributed by atoms with Crippen LogP contribution in [-0.2, 0) is 19.6 Å². The number of carbonyl (C=O) groups is 2. The summed E-state index contributed by atoms with van der Waals surface area (Å²) in [6, 6.07) is 4.75. The Bertz CT molecular complexity index is 820. The second kappa shape index (κ2) is 11.9. The lowest BCUT2D eigenvalue weighted by atomic mass is 10.2. The minimum absolute atomic E-state index is 0.0569. The van der Waals surface area contributed by atoms with Crippen molar-refractivity contribution in [1.29, 1.82) is 0 Å². The van der Waals surface area contributed by atoms with E-state index >= 15 is 0 Å². The van der Waals surface area contributed by atoms with E-state index in [4.69, 9.17) is 4.74 Å². The maximum atomic E-state index is 13.1. The molecule has 1 aromatic carbocycles. The summed E-state index contributed by atoms with van der Waals surface area (Å²) in [6.45, 7) is 5.25. The molecule has 2 N–H and O–H groups in total. The van der Waals surface area contributed by atoms with Gasteiger partial charge in [-0.1, -0.05) is 12.8 Å². The van der Waals surface area contributed by atoms with Gasteiger partial charge in [0.05, 0.1) is 6.61 Å². The molecule has 2 amide bonds. The first-order valence-electron chi connectivity index (χ1n) is 10.7. The molecule has 0 aliphatic carbocycles. The quantitative estimate of drug-likeness (QED) is 0.516. The van der Waals surface area contributed by atoms with E-state index in [9.17, 15) is 18.0 Å². The molecule has 0 atom stereocenters. The van der Waals surface area contributed by atoms with E-state index in [1.165, 1.54) is 17.3 Å². The highest BCUT2D eigenvalue weighted by Crippen LogP contribution is 2.31. The summed E-state index contributed by atoms with van der Waals surface area (Å²) in [6.07, 6.45) is 5.40. The molecule has 0 saturated carbocycles. The predicted molar refractivity (Wildman–Crippen MR) is 116 cm³/mol. The smallest absolute Gasteiger partial charge is 0.246 e. The van der Waals surface area contributed by atoms with Crippen molar-refractivity contribution in [2.75, 3.05) is 31.6 Å². The molecule has 1 saturated heterocycles. The van der Waals surface area contributed by atoms with Crippen LogP contribution in [-0.4, -0.2) is 50.8 Å². The minimum Gasteiger partial charge on any atom is -0.492 e. The van der Waals surface area contributed by atoms with Crippen LogP contribution < -0.4 is 15.4 Å². The second-order valence-corrected chi connectivity index (χ2v) is 9.31. The van der Waals surface area contributed by atoms with Crippen LogP contribution in [0.3, 0.4) is 0 Å². The topological polar surface area (TPSA) is 105 Å². The number of amides is 2. The summed E-state index contributed by atoms with van der Waals surface area (Å²) in [4.78, 5) is 23.2. The number of carbonyl (C=O) groups excluding carboxylic acids is 2. The number of nitrogens with zero attached hydrogens (tertiary/aromatic N) is 1.